The quantitative estimate of drug-likeness (QED) is 0.686. The van der Waals surface area contributed by atoms with E-state index in [1.165, 1.54) is 32.8 Å². The van der Waals surface area contributed by atoms with Crippen LogP contribution in [0.4, 0.5) is 0 Å². The van der Waals surface area contributed by atoms with Gasteiger partial charge in [-0.1, -0.05) is 77.1 Å². The molecule has 0 aromatic heterocycles. The fourth-order valence-electron chi connectivity index (χ4n) is 2.02. The second-order valence-corrected chi connectivity index (χ2v) is 6.44. The molecule has 1 heterocycles. The zero-order valence-corrected chi connectivity index (χ0v) is 11.1. The summed E-state index contributed by atoms with van der Waals surface area (Å²) >= 11 is 0. The lowest BCUT2D eigenvalue weighted by Crippen LogP contribution is -2.04. The summed E-state index contributed by atoms with van der Waals surface area (Å²) < 4.78 is 0. The highest BCUT2D eigenvalue weighted by Crippen LogP contribution is 2.39. The molecule has 0 radical (unpaired) electrons. The molecule has 0 saturated carbocycles. The standard InChI is InChI=1S/C15H12P2/c1-3-7-12(8-4-1)14-15(17-11-16-14)13-9-5-2-6-10-13/h1-11,14H. The van der Waals surface area contributed by atoms with E-state index >= 15 is 0 Å². The van der Waals surface area contributed by atoms with Crippen molar-refractivity contribution in [3.05, 3.63) is 71.8 Å². The number of hydrogen-bond donors (Lipinski definition) is 0. The largest absolute Gasteiger partial charge is 0.0860 e. The molecule has 1 aliphatic heterocycles. The first-order chi connectivity index (χ1) is 8.45. The van der Waals surface area contributed by atoms with Crippen LogP contribution in [0, 0.1) is 0 Å². The van der Waals surface area contributed by atoms with Gasteiger partial charge in [0.1, 0.15) is 0 Å². The van der Waals surface area contributed by atoms with Gasteiger partial charge in [0.25, 0.3) is 0 Å². The molecule has 1 aliphatic rings. The van der Waals surface area contributed by atoms with Crippen LogP contribution >= 0.6 is 16.4 Å². The Balaban J connectivity index is 1.98. The summed E-state index contributed by atoms with van der Waals surface area (Å²) in [6.45, 7) is 0. The molecule has 1 unspecified atom stereocenters. The molecule has 0 nitrogen and oxygen atoms in total. The van der Waals surface area contributed by atoms with Crippen molar-refractivity contribution in [1.82, 2.24) is 0 Å². The summed E-state index contributed by atoms with van der Waals surface area (Å²) in [4.78, 5) is 0. The Morgan fingerprint density at radius 3 is 2.12 bits per heavy atom. The first-order valence-electron chi connectivity index (χ1n) is 5.65. The molecule has 3 rings (SSSR count). The molecule has 17 heavy (non-hydrogen) atoms. The van der Waals surface area contributed by atoms with Crippen LogP contribution in [-0.2, 0) is 0 Å². The zero-order valence-electron chi connectivity index (χ0n) is 9.32. The minimum atomic E-state index is 0.542. The fraction of sp³-hybridized carbons (Fsp3) is 0.0667. The van der Waals surface area contributed by atoms with Gasteiger partial charge in [-0.15, -0.1) is 0 Å². The average Bonchev–Trinajstić information content (AvgIpc) is 2.90. The molecule has 0 fully saturated rings. The highest BCUT2D eigenvalue weighted by atomic mass is 31.1. The van der Waals surface area contributed by atoms with Crippen LogP contribution < -0.4 is 0 Å². The van der Waals surface area contributed by atoms with Crippen LogP contribution in [0.1, 0.15) is 16.8 Å². The van der Waals surface area contributed by atoms with Gasteiger partial charge in [-0.3, -0.25) is 0 Å². The fourth-order valence-corrected chi connectivity index (χ4v) is 4.94. The van der Waals surface area contributed by atoms with Crippen LogP contribution in [-0.4, -0.2) is 10.8 Å². The predicted molar refractivity (Wildman–Crippen MR) is 79.6 cm³/mol. The summed E-state index contributed by atoms with van der Waals surface area (Å²) in [7, 11) is 2.79. The van der Waals surface area contributed by atoms with Gasteiger partial charge in [0.2, 0.25) is 0 Å². The third-order valence-electron chi connectivity index (χ3n) is 2.86. The SMILES string of the molecule is C1=PC(c2ccccc2)C(c2ccccc2)=P1. The lowest BCUT2D eigenvalue weighted by atomic mass is 10.0. The molecule has 0 spiro atoms. The maximum atomic E-state index is 2.35. The Bertz CT molecular complexity index is 556. The Morgan fingerprint density at radius 2 is 1.41 bits per heavy atom. The minimum Gasteiger partial charge on any atom is -0.0860 e. The summed E-state index contributed by atoms with van der Waals surface area (Å²) in [5.74, 6) is 0. The summed E-state index contributed by atoms with van der Waals surface area (Å²) in [6.07, 6.45) is 0. The molecule has 82 valence electrons. The first kappa shape index (κ1) is 10.9. The van der Waals surface area contributed by atoms with Crippen LogP contribution in [0.2, 0.25) is 0 Å². The van der Waals surface area contributed by atoms with E-state index in [0.717, 1.165) is 0 Å². The van der Waals surface area contributed by atoms with Crippen molar-refractivity contribution in [3.63, 3.8) is 0 Å². The number of benzene rings is 2. The lowest BCUT2D eigenvalue weighted by Gasteiger charge is -2.13. The molecule has 0 bridgehead atoms. The van der Waals surface area contributed by atoms with Gasteiger partial charge >= 0.3 is 0 Å². The molecular formula is C15H12P2. The molecule has 0 saturated heterocycles. The first-order valence-corrected chi connectivity index (χ1v) is 7.64. The molecule has 1 atom stereocenters. The van der Waals surface area contributed by atoms with E-state index in [-0.39, 0.29) is 0 Å². The minimum absolute atomic E-state index is 0.542. The van der Waals surface area contributed by atoms with Crippen LogP contribution in [0.15, 0.2) is 60.7 Å². The van der Waals surface area contributed by atoms with Crippen molar-refractivity contribution in [2.45, 2.75) is 5.66 Å². The van der Waals surface area contributed by atoms with Gasteiger partial charge < -0.3 is 0 Å². The summed E-state index contributed by atoms with van der Waals surface area (Å²) in [6, 6.07) is 21.5. The van der Waals surface area contributed by atoms with E-state index in [1.807, 2.05) is 0 Å². The van der Waals surface area contributed by atoms with Crippen LogP contribution in [0.5, 0.6) is 0 Å². The third kappa shape index (κ3) is 2.25. The van der Waals surface area contributed by atoms with Crippen molar-refractivity contribution < 1.29 is 0 Å². The predicted octanol–water partition coefficient (Wildman–Crippen LogP) is 4.61. The molecule has 2 aromatic carbocycles. The Labute approximate surface area is 105 Å². The summed E-state index contributed by atoms with van der Waals surface area (Å²) in [5.41, 5.74) is 5.69. The van der Waals surface area contributed by atoms with Crippen molar-refractivity contribution in [2.24, 2.45) is 0 Å². The van der Waals surface area contributed by atoms with Crippen molar-refractivity contribution >= 4 is 27.2 Å². The van der Waals surface area contributed by atoms with Gasteiger partial charge in [0.15, 0.2) is 0 Å². The van der Waals surface area contributed by atoms with Gasteiger partial charge in [0.05, 0.1) is 5.66 Å². The smallest absolute Gasteiger partial charge is 0.0561 e. The van der Waals surface area contributed by atoms with E-state index < -0.39 is 0 Å². The highest BCUT2D eigenvalue weighted by Gasteiger charge is 2.19. The average molecular weight is 254 g/mol. The monoisotopic (exact) mass is 254 g/mol. The topological polar surface area (TPSA) is 0 Å². The zero-order chi connectivity index (χ0) is 11.5. The highest BCUT2D eigenvalue weighted by molar-refractivity contribution is 7.75. The maximum absolute atomic E-state index is 2.35. The second-order valence-electron chi connectivity index (χ2n) is 3.96. The van der Waals surface area contributed by atoms with E-state index in [9.17, 15) is 0 Å². The maximum Gasteiger partial charge on any atom is 0.0561 e. The Hall–Kier alpha value is -1.22. The van der Waals surface area contributed by atoms with Crippen molar-refractivity contribution in [3.8, 4) is 0 Å². The van der Waals surface area contributed by atoms with Gasteiger partial charge in [-0.25, -0.2) is 0 Å². The van der Waals surface area contributed by atoms with Crippen LogP contribution in [0.25, 0.3) is 0 Å². The van der Waals surface area contributed by atoms with Gasteiger partial charge in [-0.2, -0.15) is 0 Å². The molecule has 2 aromatic rings. The molecule has 0 aliphatic carbocycles. The van der Waals surface area contributed by atoms with Crippen molar-refractivity contribution in [1.29, 1.82) is 0 Å². The Kier molecular flexibility index (Phi) is 3.18. The van der Waals surface area contributed by atoms with Crippen LogP contribution in [0.3, 0.4) is 0 Å². The van der Waals surface area contributed by atoms with Crippen molar-refractivity contribution in [2.75, 3.05) is 0 Å². The molecule has 2 heteroatoms. The Morgan fingerprint density at radius 1 is 0.765 bits per heavy atom. The molecular weight excluding hydrogens is 242 g/mol. The van der Waals surface area contributed by atoms with Gasteiger partial charge in [0, 0.05) is 5.29 Å². The molecule has 0 amide bonds. The summed E-state index contributed by atoms with van der Waals surface area (Å²) in [5, 5.41) is 1.53. The van der Waals surface area contributed by atoms with Gasteiger partial charge in [-0.05, 0) is 16.7 Å². The van der Waals surface area contributed by atoms with E-state index in [1.54, 1.807) is 0 Å². The third-order valence-corrected chi connectivity index (χ3v) is 5.70. The van der Waals surface area contributed by atoms with E-state index in [4.69, 9.17) is 0 Å². The normalized spacial score (nSPS) is 20.0. The van der Waals surface area contributed by atoms with E-state index in [2.05, 4.69) is 66.2 Å². The lowest BCUT2D eigenvalue weighted by molar-refractivity contribution is 1.31. The number of rotatable bonds is 2. The molecule has 0 N–H and O–H groups in total. The number of hydrogen-bond acceptors (Lipinski definition) is 0. The second kappa shape index (κ2) is 4.96. The van der Waals surface area contributed by atoms with E-state index in [0.29, 0.717) is 5.66 Å².